The van der Waals surface area contributed by atoms with Crippen LogP contribution in [0.25, 0.3) is 10.8 Å². The maximum atomic E-state index is 12.7. The Bertz CT molecular complexity index is 1900. The van der Waals surface area contributed by atoms with Gasteiger partial charge in [0, 0.05) is 25.4 Å². The first-order chi connectivity index (χ1) is 25.6. The second kappa shape index (κ2) is 18.9. The summed E-state index contributed by atoms with van der Waals surface area (Å²) in [6.45, 7) is 0.527. The van der Waals surface area contributed by atoms with Crippen molar-refractivity contribution >= 4 is 26.4 Å². The van der Waals surface area contributed by atoms with Gasteiger partial charge in [0.25, 0.3) is 5.56 Å². The molecule has 0 bridgehead atoms. The number of rotatable bonds is 19. The first-order valence-corrected chi connectivity index (χ1v) is 20.1. The van der Waals surface area contributed by atoms with Gasteiger partial charge in [-0.25, -0.2) is 13.9 Å². The molecule has 0 aliphatic carbocycles. The summed E-state index contributed by atoms with van der Waals surface area (Å²) < 4.78 is 56.1. The van der Waals surface area contributed by atoms with Crippen molar-refractivity contribution in [2.45, 2.75) is 87.5 Å². The fraction of sp³-hybridized carbons (Fsp3) is 0.562. The quantitative estimate of drug-likeness (QED) is 0.0557. The number of phosphoric ester groups is 2. The molecule has 9 N–H and O–H groups in total. The van der Waals surface area contributed by atoms with Crippen LogP contribution in [0.3, 0.4) is 0 Å². The van der Waals surface area contributed by atoms with Gasteiger partial charge in [-0.3, -0.25) is 23.4 Å². The molecule has 3 heterocycles. The van der Waals surface area contributed by atoms with E-state index >= 15 is 0 Å². The lowest BCUT2D eigenvalue weighted by Gasteiger charge is -2.40. The average Bonchev–Trinajstić information content (AvgIpc) is 3.40. The fourth-order valence-corrected chi connectivity index (χ4v) is 8.10. The summed E-state index contributed by atoms with van der Waals surface area (Å²) in [5.74, 6) is 0. The van der Waals surface area contributed by atoms with Crippen molar-refractivity contribution in [3.8, 4) is 0 Å². The highest BCUT2D eigenvalue weighted by Gasteiger charge is 2.49. The lowest BCUT2D eigenvalue weighted by atomic mass is 9.99. The molecule has 0 radical (unpaired) electrons. The minimum absolute atomic E-state index is 0.0698. The SMILES string of the molecule is O=c1ccn([C@@H]2O[C@H](COP(=O)(O)OP(=O)(O)O[C@H]3O[C@@H](CNCCCCCCOCc4ccc5ccccc5c4)[C@H](O)[C@H](O)[C@@H]3O)[C@@H](O)[C@H]2O)c(=O)[nH]1. The third-order valence-corrected chi connectivity index (χ3v) is 11.4. The van der Waals surface area contributed by atoms with E-state index in [0.29, 0.717) is 19.8 Å². The molecule has 2 unspecified atom stereocenters. The molecule has 2 saturated heterocycles. The summed E-state index contributed by atoms with van der Waals surface area (Å²) in [5, 5.41) is 57.0. The van der Waals surface area contributed by atoms with Crippen LogP contribution >= 0.6 is 15.6 Å². The summed E-state index contributed by atoms with van der Waals surface area (Å²) >= 11 is 0. The first kappa shape index (κ1) is 42.4. The summed E-state index contributed by atoms with van der Waals surface area (Å²) in [6, 6.07) is 15.3. The third kappa shape index (κ3) is 11.4. The van der Waals surface area contributed by atoms with Gasteiger partial charge in [0.1, 0.15) is 42.7 Å². The van der Waals surface area contributed by atoms with E-state index in [1.807, 2.05) is 23.2 Å². The maximum Gasteiger partial charge on any atom is 0.483 e. The van der Waals surface area contributed by atoms with Crippen LogP contribution in [0.1, 0.15) is 37.5 Å². The lowest BCUT2D eigenvalue weighted by Crippen LogP contribution is -2.60. The highest BCUT2D eigenvalue weighted by molar-refractivity contribution is 7.61. The average molecular weight is 806 g/mol. The predicted octanol–water partition coefficient (Wildman–Crippen LogP) is -0.266. The molecule has 2 aliphatic rings. The number of nitrogens with one attached hydrogen (secondary N) is 2. The number of unbranched alkanes of at least 4 members (excludes halogenated alkanes) is 3. The predicted molar refractivity (Wildman–Crippen MR) is 187 cm³/mol. The number of aromatic amines is 1. The number of benzene rings is 2. The van der Waals surface area contributed by atoms with Crippen molar-refractivity contribution in [3.63, 3.8) is 0 Å². The van der Waals surface area contributed by atoms with Crippen LogP contribution in [-0.4, -0.2) is 120 Å². The summed E-state index contributed by atoms with van der Waals surface area (Å²) in [4.78, 5) is 45.6. The van der Waals surface area contributed by atoms with Gasteiger partial charge in [-0.05, 0) is 41.8 Å². The number of nitrogens with zero attached hydrogens (tertiary/aromatic N) is 1. The van der Waals surface area contributed by atoms with E-state index in [2.05, 4.69) is 38.4 Å². The molecule has 0 amide bonds. The standard InChI is InChI=1S/C32H45N3O17P2/c36-24-11-13-35(32(42)34-24)30-28(40)26(38)23(49-30)18-48-53(43,44)52-54(45,46)51-31-29(41)27(39)25(37)22(50-31)16-33-12-5-1-2-6-14-47-17-19-9-10-20-7-3-4-8-21(20)15-19/h3-4,7-11,13,15,22-23,25-31,33,37-41H,1-2,5-6,12,14,16-18H2,(H,43,44)(H,45,46)(H,34,36,42)/t22-,23+,25-,26+,27-,28+,29-,30+,31+/m0/s1. The van der Waals surface area contributed by atoms with Gasteiger partial charge >= 0.3 is 21.3 Å². The summed E-state index contributed by atoms with van der Waals surface area (Å²) in [6.07, 6.45) is -11.3. The molecule has 0 saturated carbocycles. The van der Waals surface area contributed by atoms with E-state index < -0.39 is 88.7 Å². The molecular formula is C32H45N3O17P2. The minimum atomic E-state index is -5.61. The molecule has 1 aromatic heterocycles. The van der Waals surface area contributed by atoms with E-state index in [9.17, 15) is 54.0 Å². The Morgan fingerprint density at radius 3 is 2.28 bits per heavy atom. The van der Waals surface area contributed by atoms with Crippen LogP contribution in [0, 0.1) is 0 Å². The molecule has 20 nitrogen and oxygen atoms in total. The van der Waals surface area contributed by atoms with Crippen LogP contribution in [0.5, 0.6) is 0 Å². The van der Waals surface area contributed by atoms with Crippen molar-refractivity contribution in [2.24, 2.45) is 0 Å². The zero-order valence-electron chi connectivity index (χ0n) is 28.8. The maximum absolute atomic E-state index is 12.7. The number of aliphatic hydroxyl groups is 5. The lowest BCUT2D eigenvalue weighted by molar-refractivity contribution is -0.274. The van der Waals surface area contributed by atoms with Crippen LogP contribution in [-0.2, 0) is 43.3 Å². The zero-order chi connectivity index (χ0) is 39.0. The van der Waals surface area contributed by atoms with Crippen LogP contribution in [0.15, 0.2) is 64.3 Å². The van der Waals surface area contributed by atoms with Gasteiger partial charge in [0.05, 0.1) is 13.2 Å². The number of ether oxygens (including phenoxy) is 3. The van der Waals surface area contributed by atoms with E-state index in [1.165, 1.54) is 5.39 Å². The second-order valence-corrected chi connectivity index (χ2v) is 15.8. The summed E-state index contributed by atoms with van der Waals surface area (Å²) in [5.41, 5.74) is -0.628. The highest BCUT2D eigenvalue weighted by atomic mass is 31.3. The van der Waals surface area contributed by atoms with Crippen LogP contribution in [0.4, 0.5) is 0 Å². The topological polar surface area (TPSA) is 298 Å². The second-order valence-electron chi connectivity index (χ2n) is 12.9. The largest absolute Gasteiger partial charge is 0.483 e. The molecule has 0 spiro atoms. The van der Waals surface area contributed by atoms with Gasteiger partial charge in [-0.15, -0.1) is 0 Å². The highest BCUT2D eigenvalue weighted by Crippen LogP contribution is 2.61. The van der Waals surface area contributed by atoms with E-state index in [1.54, 1.807) is 0 Å². The molecular weight excluding hydrogens is 760 g/mol. The Kier molecular flexibility index (Phi) is 14.9. The van der Waals surface area contributed by atoms with Crippen LogP contribution < -0.4 is 16.6 Å². The number of phosphoric acid groups is 2. The Hall–Kier alpha value is -2.72. The monoisotopic (exact) mass is 805 g/mol. The van der Waals surface area contributed by atoms with Crippen molar-refractivity contribution < 1.29 is 72.0 Å². The van der Waals surface area contributed by atoms with Crippen molar-refractivity contribution in [1.82, 2.24) is 14.9 Å². The fourth-order valence-electron chi connectivity index (χ4n) is 5.94. The molecule has 3 aromatic rings. The van der Waals surface area contributed by atoms with Crippen LogP contribution in [0.2, 0.25) is 0 Å². The molecule has 2 aromatic carbocycles. The normalized spacial score (nSPS) is 29.6. The van der Waals surface area contributed by atoms with Gasteiger partial charge < -0.3 is 54.8 Å². The first-order valence-electron chi connectivity index (χ1n) is 17.1. The van der Waals surface area contributed by atoms with E-state index in [4.69, 9.17) is 18.7 Å². The van der Waals surface area contributed by atoms with E-state index in [0.717, 1.165) is 53.5 Å². The Morgan fingerprint density at radius 1 is 0.796 bits per heavy atom. The summed E-state index contributed by atoms with van der Waals surface area (Å²) in [7, 11) is -11.1. The van der Waals surface area contributed by atoms with Gasteiger partial charge in [0.2, 0.25) is 0 Å². The zero-order valence-corrected chi connectivity index (χ0v) is 30.6. The number of hydrogen-bond acceptors (Lipinski definition) is 16. The minimum Gasteiger partial charge on any atom is -0.388 e. The number of aromatic nitrogens is 2. The smallest absolute Gasteiger partial charge is 0.388 e. The number of H-pyrrole nitrogens is 1. The molecule has 2 aliphatic heterocycles. The molecule has 11 atom stereocenters. The molecule has 300 valence electrons. The Labute approximate surface area is 308 Å². The van der Waals surface area contributed by atoms with Gasteiger partial charge in [-0.1, -0.05) is 49.2 Å². The third-order valence-electron chi connectivity index (χ3n) is 8.80. The molecule has 54 heavy (non-hydrogen) atoms. The van der Waals surface area contributed by atoms with Crippen molar-refractivity contribution in [2.75, 3.05) is 26.3 Å². The Morgan fingerprint density at radius 2 is 1.52 bits per heavy atom. The number of aliphatic hydroxyl groups excluding tert-OH is 5. The Balaban J connectivity index is 1.00. The molecule has 5 rings (SSSR count). The van der Waals surface area contributed by atoms with Gasteiger partial charge in [-0.2, -0.15) is 4.31 Å². The number of fused-ring (bicyclic) bond motifs is 1. The molecule has 2 fully saturated rings. The van der Waals surface area contributed by atoms with E-state index in [-0.39, 0.29) is 6.54 Å². The van der Waals surface area contributed by atoms with Crippen molar-refractivity contribution in [3.05, 3.63) is 81.1 Å². The number of hydrogen-bond donors (Lipinski definition) is 9. The van der Waals surface area contributed by atoms with Gasteiger partial charge in [0.15, 0.2) is 12.5 Å². The molecule has 22 heteroatoms. The van der Waals surface area contributed by atoms with Crippen molar-refractivity contribution in [1.29, 1.82) is 0 Å².